The smallest absolute Gasteiger partial charge is 0.238 e. The molecule has 2 heterocycles. The van der Waals surface area contributed by atoms with Gasteiger partial charge in [-0.25, -0.2) is 0 Å². The third-order valence-corrected chi connectivity index (χ3v) is 4.16. The normalized spacial score (nSPS) is 10.4. The maximum absolute atomic E-state index is 5.75. The summed E-state index contributed by atoms with van der Waals surface area (Å²) in [5, 5.41) is 2.07. The molecule has 0 spiro atoms. The van der Waals surface area contributed by atoms with Gasteiger partial charge in [-0.2, -0.15) is 4.98 Å². The molecule has 2 aromatic rings. The lowest BCUT2D eigenvalue weighted by molar-refractivity contribution is 0.400. The van der Waals surface area contributed by atoms with Crippen molar-refractivity contribution in [2.45, 2.75) is 6.54 Å². The Bertz CT molecular complexity index is 544. The van der Waals surface area contributed by atoms with Gasteiger partial charge in [0.2, 0.25) is 5.88 Å². The van der Waals surface area contributed by atoms with Crippen LogP contribution in [0.25, 0.3) is 0 Å². The first-order valence-electron chi connectivity index (χ1n) is 5.34. The monoisotopic (exact) mass is 327 g/mol. The molecule has 6 heteroatoms. The fourth-order valence-corrected chi connectivity index (χ4v) is 3.07. The van der Waals surface area contributed by atoms with Crippen LogP contribution in [0.4, 0.5) is 11.5 Å². The van der Waals surface area contributed by atoms with E-state index in [1.807, 2.05) is 19.2 Å². The number of thiophene rings is 1. The van der Waals surface area contributed by atoms with Crippen LogP contribution in [0.15, 0.2) is 28.1 Å². The Morgan fingerprint density at radius 1 is 1.50 bits per heavy atom. The number of nitrogens with zero attached hydrogens (tertiary/aromatic N) is 2. The highest BCUT2D eigenvalue weighted by Gasteiger charge is 2.08. The molecule has 0 atom stereocenters. The maximum atomic E-state index is 5.75. The van der Waals surface area contributed by atoms with E-state index in [1.165, 1.54) is 4.88 Å². The van der Waals surface area contributed by atoms with Crippen molar-refractivity contribution in [1.82, 2.24) is 4.98 Å². The van der Waals surface area contributed by atoms with Gasteiger partial charge in [0.05, 0.1) is 19.3 Å². The summed E-state index contributed by atoms with van der Waals surface area (Å²) in [4.78, 5) is 7.69. The van der Waals surface area contributed by atoms with Gasteiger partial charge in [0.15, 0.2) is 0 Å². The Kier molecular flexibility index (Phi) is 4.08. The van der Waals surface area contributed by atoms with Gasteiger partial charge in [-0.1, -0.05) is 0 Å². The number of rotatable bonds is 4. The Labute approximate surface area is 119 Å². The average Bonchev–Trinajstić information content (AvgIpc) is 2.75. The molecule has 2 aromatic heterocycles. The molecule has 0 radical (unpaired) electrons. The molecule has 96 valence electrons. The summed E-state index contributed by atoms with van der Waals surface area (Å²) >= 11 is 5.16. The fourth-order valence-electron chi connectivity index (χ4n) is 1.57. The van der Waals surface area contributed by atoms with Crippen molar-refractivity contribution in [3.63, 3.8) is 0 Å². The van der Waals surface area contributed by atoms with E-state index in [2.05, 4.69) is 37.3 Å². The van der Waals surface area contributed by atoms with Gasteiger partial charge < -0.3 is 15.4 Å². The number of methoxy groups -OCH3 is 1. The van der Waals surface area contributed by atoms with Gasteiger partial charge in [0, 0.05) is 21.8 Å². The van der Waals surface area contributed by atoms with E-state index < -0.39 is 0 Å². The molecular formula is C12H14BrN3OS. The molecule has 0 aliphatic heterocycles. The summed E-state index contributed by atoms with van der Waals surface area (Å²) in [6.45, 7) is 0.802. The standard InChI is InChI=1S/C12H14BrN3OS/c1-16(6-9-5-8(13)7-18-9)11-4-3-10(14)12(15-11)17-2/h3-5,7H,6,14H2,1-2H3. The quantitative estimate of drug-likeness (QED) is 0.937. The second kappa shape index (κ2) is 5.58. The van der Waals surface area contributed by atoms with Crippen molar-refractivity contribution in [3.05, 3.63) is 32.9 Å². The van der Waals surface area contributed by atoms with Crippen LogP contribution in [0.5, 0.6) is 5.88 Å². The zero-order valence-corrected chi connectivity index (χ0v) is 12.6. The summed E-state index contributed by atoms with van der Waals surface area (Å²) < 4.78 is 6.23. The lowest BCUT2D eigenvalue weighted by atomic mass is 10.3. The van der Waals surface area contributed by atoms with Crippen molar-refractivity contribution >= 4 is 38.8 Å². The first kappa shape index (κ1) is 13.2. The van der Waals surface area contributed by atoms with Gasteiger partial charge in [-0.3, -0.25) is 0 Å². The van der Waals surface area contributed by atoms with Crippen molar-refractivity contribution in [2.75, 3.05) is 24.8 Å². The predicted molar refractivity (Wildman–Crippen MR) is 79.3 cm³/mol. The zero-order chi connectivity index (χ0) is 13.1. The maximum Gasteiger partial charge on any atom is 0.238 e. The zero-order valence-electron chi connectivity index (χ0n) is 10.2. The van der Waals surface area contributed by atoms with Crippen molar-refractivity contribution in [2.24, 2.45) is 0 Å². The number of pyridine rings is 1. The summed E-state index contributed by atoms with van der Waals surface area (Å²) in [7, 11) is 3.56. The number of hydrogen-bond acceptors (Lipinski definition) is 5. The molecule has 0 fully saturated rings. The first-order chi connectivity index (χ1) is 8.60. The van der Waals surface area contributed by atoms with Crippen molar-refractivity contribution in [1.29, 1.82) is 0 Å². The summed E-state index contributed by atoms with van der Waals surface area (Å²) in [5.74, 6) is 1.30. The molecule has 2 N–H and O–H groups in total. The second-order valence-corrected chi connectivity index (χ2v) is 5.77. The Morgan fingerprint density at radius 2 is 2.28 bits per heavy atom. The van der Waals surface area contributed by atoms with Crippen LogP contribution >= 0.6 is 27.3 Å². The van der Waals surface area contributed by atoms with Gasteiger partial charge in [0.25, 0.3) is 0 Å². The predicted octanol–water partition coefficient (Wildman–Crippen LogP) is 3.13. The molecule has 0 aromatic carbocycles. The topological polar surface area (TPSA) is 51.4 Å². The van der Waals surface area contributed by atoms with E-state index in [9.17, 15) is 0 Å². The van der Waals surface area contributed by atoms with Crippen molar-refractivity contribution in [3.8, 4) is 5.88 Å². The van der Waals surface area contributed by atoms with Crippen molar-refractivity contribution < 1.29 is 4.74 Å². The van der Waals surface area contributed by atoms with Gasteiger partial charge in [0.1, 0.15) is 5.82 Å². The molecule has 0 unspecified atom stereocenters. The number of aromatic nitrogens is 1. The minimum Gasteiger partial charge on any atom is -0.479 e. The SMILES string of the molecule is COc1nc(N(C)Cc2cc(Br)cs2)ccc1N. The van der Waals surface area contributed by atoms with E-state index >= 15 is 0 Å². The first-order valence-corrected chi connectivity index (χ1v) is 7.02. The van der Waals surface area contributed by atoms with Crippen LogP contribution in [-0.4, -0.2) is 19.1 Å². The highest BCUT2D eigenvalue weighted by atomic mass is 79.9. The van der Waals surface area contributed by atoms with Crippen LogP contribution in [0.3, 0.4) is 0 Å². The van der Waals surface area contributed by atoms with E-state index in [0.29, 0.717) is 11.6 Å². The highest BCUT2D eigenvalue weighted by Crippen LogP contribution is 2.25. The molecular weight excluding hydrogens is 314 g/mol. The fraction of sp³-hybridized carbons (Fsp3) is 0.250. The highest BCUT2D eigenvalue weighted by molar-refractivity contribution is 9.10. The second-order valence-electron chi connectivity index (χ2n) is 3.86. The van der Waals surface area contributed by atoms with Crippen LogP contribution in [-0.2, 0) is 6.54 Å². The molecule has 0 saturated carbocycles. The lowest BCUT2D eigenvalue weighted by Gasteiger charge is -2.18. The van der Waals surface area contributed by atoms with E-state index in [-0.39, 0.29) is 0 Å². The molecule has 2 rings (SSSR count). The number of halogens is 1. The van der Waals surface area contributed by atoms with Crippen LogP contribution in [0.1, 0.15) is 4.88 Å². The Hall–Kier alpha value is -1.27. The minimum absolute atomic E-state index is 0.465. The van der Waals surface area contributed by atoms with Gasteiger partial charge >= 0.3 is 0 Å². The Balaban J connectivity index is 2.15. The van der Waals surface area contributed by atoms with E-state index in [1.54, 1.807) is 18.4 Å². The number of ether oxygens (including phenoxy) is 1. The molecule has 0 aliphatic rings. The average molecular weight is 328 g/mol. The van der Waals surface area contributed by atoms with Crippen LogP contribution < -0.4 is 15.4 Å². The van der Waals surface area contributed by atoms with Gasteiger partial charge in [-0.15, -0.1) is 11.3 Å². The number of anilines is 2. The lowest BCUT2D eigenvalue weighted by Crippen LogP contribution is -2.17. The molecule has 0 bridgehead atoms. The summed E-state index contributed by atoms with van der Waals surface area (Å²) in [6, 6.07) is 5.80. The number of hydrogen-bond donors (Lipinski definition) is 1. The minimum atomic E-state index is 0.465. The van der Waals surface area contributed by atoms with E-state index in [0.717, 1.165) is 16.8 Å². The van der Waals surface area contributed by atoms with Crippen LogP contribution in [0, 0.1) is 0 Å². The largest absolute Gasteiger partial charge is 0.479 e. The molecule has 0 amide bonds. The molecule has 0 saturated heterocycles. The number of nitrogens with two attached hydrogens (primary N) is 1. The summed E-state index contributed by atoms with van der Waals surface area (Å²) in [6.07, 6.45) is 0. The third-order valence-electron chi connectivity index (χ3n) is 2.47. The summed E-state index contributed by atoms with van der Waals surface area (Å²) in [5.41, 5.74) is 6.30. The van der Waals surface area contributed by atoms with E-state index in [4.69, 9.17) is 10.5 Å². The number of nitrogen functional groups attached to an aromatic ring is 1. The molecule has 4 nitrogen and oxygen atoms in total. The molecule has 0 aliphatic carbocycles. The molecule has 18 heavy (non-hydrogen) atoms. The van der Waals surface area contributed by atoms with Gasteiger partial charge in [-0.05, 0) is 34.1 Å². The third kappa shape index (κ3) is 2.94. The van der Waals surface area contributed by atoms with Crippen LogP contribution in [0.2, 0.25) is 0 Å². The Morgan fingerprint density at radius 3 is 2.89 bits per heavy atom.